The molecule has 3 rings (SSSR count). The lowest BCUT2D eigenvalue weighted by atomic mass is 10.0. The molecule has 3 aromatic rings. The number of H-pyrrole nitrogens is 1. The third kappa shape index (κ3) is 3.22. The number of unbranched alkanes of at least 4 members (excludes halogenated alkanes) is 2. The van der Waals surface area contributed by atoms with Gasteiger partial charge in [-0.3, -0.25) is 4.79 Å². The van der Waals surface area contributed by atoms with Crippen LogP contribution in [0.15, 0.2) is 24.7 Å². The minimum Gasteiger partial charge on any atom is -0.493 e. The summed E-state index contributed by atoms with van der Waals surface area (Å²) in [5.41, 5.74) is -0.518. The third-order valence-electron chi connectivity index (χ3n) is 4.11. The van der Waals surface area contributed by atoms with Crippen LogP contribution >= 0.6 is 0 Å². The first kappa shape index (κ1) is 17.8. The van der Waals surface area contributed by atoms with Crippen molar-refractivity contribution in [2.24, 2.45) is 0 Å². The summed E-state index contributed by atoms with van der Waals surface area (Å²) >= 11 is 0. The van der Waals surface area contributed by atoms with E-state index in [0.29, 0.717) is 6.54 Å². The number of aromatic hydroxyl groups is 1. The molecule has 6 nitrogen and oxygen atoms in total. The van der Waals surface area contributed by atoms with Crippen molar-refractivity contribution < 1.29 is 18.7 Å². The van der Waals surface area contributed by atoms with E-state index in [9.17, 15) is 18.7 Å². The van der Waals surface area contributed by atoms with E-state index >= 15 is 0 Å². The molecule has 0 amide bonds. The zero-order valence-electron chi connectivity index (χ0n) is 14.1. The summed E-state index contributed by atoms with van der Waals surface area (Å²) in [6, 6.07) is 2.31. The lowest BCUT2D eigenvalue weighted by molar-refractivity contribution is 0.103. The molecule has 0 fully saturated rings. The largest absolute Gasteiger partial charge is 0.493 e. The predicted molar refractivity (Wildman–Crippen MR) is 93.4 cm³/mol. The van der Waals surface area contributed by atoms with Crippen LogP contribution in [0.5, 0.6) is 5.88 Å². The SMILES string of the molecule is CCCCCNc1ccc(F)c(C(=O)c2c[nH]c3ncnc(O)c23)c1F. The predicted octanol–water partition coefficient (Wildman–Crippen LogP) is 3.77. The van der Waals surface area contributed by atoms with Gasteiger partial charge in [-0.05, 0) is 18.6 Å². The molecule has 1 aromatic carbocycles. The highest BCUT2D eigenvalue weighted by Crippen LogP contribution is 2.29. The van der Waals surface area contributed by atoms with Gasteiger partial charge in [-0.2, -0.15) is 0 Å². The average Bonchev–Trinajstić information content (AvgIpc) is 3.06. The Morgan fingerprint density at radius 2 is 2.08 bits per heavy atom. The minimum absolute atomic E-state index is 0.0256. The first-order valence-corrected chi connectivity index (χ1v) is 8.32. The van der Waals surface area contributed by atoms with E-state index in [2.05, 4.69) is 27.2 Å². The van der Waals surface area contributed by atoms with Gasteiger partial charge in [0.2, 0.25) is 11.7 Å². The van der Waals surface area contributed by atoms with Crippen molar-refractivity contribution in [2.45, 2.75) is 26.2 Å². The number of anilines is 1. The number of halogens is 2. The number of benzene rings is 1. The molecule has 2 heterocycles. The Balaban J connectivity index is 1.98. The van der Waals surface area contributed by atoms with E-state index in [1.54, 1.807) is 0 Å². The molecule has 136 valence electrons. The summed E-state index contributed by atoms with van der Waals surface area (Å²) in [6.07, 6.45) is 5.20. The van der Waals surface area contributed by atoms with E-state index in [-0.39, 0.29) is 22.3 Å². The average molecular weight is 360 g/mol. The van der Waals surface area contributed by atoms with Crippen molar-refractivity contribution in [1.29, 1.82) is 0 Å². The topological polar surface area (TPSA) is 90.9 Å². The number of nitrogens with one attached hydrogen (secondary N) is 2. The number of aromatic nitrogens is 3. The highest BCUT2D eigenvalue weighted by atomic mass is 19.1. The summed E-state index contributed by atoms with van der Waals surface area (Å²) < 4.78 is 29.0. The summed E-state index contributed by atoms with van der Waals surface area (Å²) in [6.45, 7) is 2.57. The maximum Gasteiger partial charge on any atom is 0.224 e. The quantitative estimate of drug-likeness (QED) is 0.441. The van der Waals surface area contributed by atoms with Crippen molar-refractivity contribution in [2.75, 3.05) is 11.9 Å². The lowest BCUT2D eigenvalue weighted by Gasteiger charge is -2.11. The van der Waals surface area contributed by atoms with Crippen LogP contribution in [0.25, 0.3) is 11.0 Å². The Kier molecular flexibility index (Phi) is 5.11. The number of ketones is 1. The summed E-state index contributed by atoms with van der Waals surface area (Å²) in [5.74, 6) is -3.27. The lowest BCUT2D eigenvalue weighted by Crippen LogP contribution is -2.11. The Morgan fingerprint density at radius 3 is 2.85 bits per heavy atom. The molecule has 0 saturated heterocycles. The zero-order chi connectivity index (χ0) is 18.7. The maximum absolute atomic E-state index is 14.8. The number of nitrogens with zero attached hydrogens (tertiary/aromatic N) is 2. The van der Waals surface area contributed by atoms with Gasteiger partial charge in [0.05, 0.1) is 22.2 Å². The smallest absolute Gasteiger partial charge is 0.224 e. The number of carbonyl (C=O) groups is 1. The number of fused-ring (bicyclic) bond motifs is 1. The Bertz CT molecular complexity index is 956. The molecule has 0 radical (unpaired) electrons. The van der Waals surface area contributed by atoms with Crippen molar-refractivity contribution >= 4 is 22.5 Å². The van der Waals surface area contributed by atoms with Crippen LogP contribution in [0.2, 0.25) is 0 Å². The van der Waals surface area contributed by atoms with Crippen LogP contribution in [0.3, 0.4) is 0 Å². The minimum atomic E-state index is -0.975. The number of rotatable bonds is 7. The summed E-state index contributed by atoms with van der Waals surface area (Å²) in [7, 11) is 0. The molecule has 8 heteroatoms. The molecular formula is C18H18F2N4O2. The normalized spacial score (nSPS) is 11.0. The van der Waals surface area contributed by atoms with E-state index < -0.39 is 28.9 Å². The second-order valence-electron chi connectivity index (χ2n) is 5.87. The van der Waals surface area contributed by atoms with Crippen LogP contribution in [-0.4, -0.2) is 32.4 Å². The highest BCUT2D eigenvalue weighted by Gasteiger charge is 2.25. The van der Waals surface area contributed by atoms with Gasteiger partial charge in [0.1, 0.15) is 17.8 Å². The first-order chi connectivity index (χ1) is 12.5. The van der Waals surface area contributed by atoms with Crippen molar-refractivity contribution in [3.8, 4) is 5.88 Å². The Morgan fingerprint density at radius 1 is 1.27 bits per heavy atom. The van der Waals surface area contributed by atoms with Gasteiger partial charge in [-0.15, -0.1) is 0 Å². The van der Waals surface area contributed by atoms with E-state index in [4.69, 9.17) is 0 Å². The maximum atomic E-state index is 14.8. The fourth-order valence-corrected chi connectivity index (χ4v) is 2.76. The number of hydrogen-bond acceptors (Lipinski definition) is 5. The monoisotopic (exact) mass is 360 g/mol. The Labute approximate surface area is 148 Å². The molecule has 3 N–H and O–H groups in total. The van der Waals surface area contributed by atoms with Crippen LogP contribution < -0.4 is 5.32 Å². The van der Waals surface area contributed by atoms with Crippen LogP contribution in [0.1, 0.15) is 42.1 Å². The van der Waals surface area contributed by atoms with E-state index in [1.807, 2.05) is 0 Å². The molecule has 0 aliphatic heterocycles. The van der Waals surface area contributed by atoms with Crippen LogP contribution in [0, 0.1) is 11.6 Å². The van der Waals surface area contributed by atoms with E-state index in [0.717, 1.165) is 31.7 Å². The fraction of sp³-hybridized carbons (Fsp3) is 0.278. The number of hydrogen-bond donors (Lipinski definition) is 3. The fourth-order valence-electron chi connectivity index (χ4n) is 2.76. The third-order valence-corrected chi connectivity index (χ3v) is 4.11. The Hall–Kier alpha value is -3.03. The van der Waals surface area contributed by atoms with Crippen molar-refractivity contribution in [3.63, 3.8) is 0 Å². The van der Waals surface area contributed by atoms with Gasteiger partial charge in [0, 0.05) is 12.7 Å². The van der Waals surface area contributed by atoms with Crippen LogP contribution in [-0.2, 0) is 0 Å². The van der Waals surface area contributed by atoms with Gasteiger partial charge in [0.15, 0.2) is 5.82 Å². The first-order valence-electron chi connectivity index (χ1n) is 8.32. The second-order valence-corrected chi connectivity index (χ2v) is 5.87. The van der Waals surface area contributed by atoms with Crippen molar-refractivity contribution in [1.82, 2.24) is 15.0 Å². The molecule has 0 atom stereocenters. The molecule has 2 aromatic heterocycles. The second kappa shape index (κ2) is 7.47. The molecule has 0 unspecified atom stereocenters. The number of carbonyl (C=O) groups excluding carboxylic acids is 1. The highest BCUT2D eigenvalue weighted by molar-refractivity contribution is 6.17. The standard InChI is InChI=1S/C18H18F2N4O2/c1-2-3-4-7-21-12-6-5-11(19)14(15(12)20)16(25)10-8-22-17-13(10)18(26)24-9-23-17/h5-6,8-9,21H,2-4,7H2,1H3,(H2,22,23,24,26). The van der Waals surface area contributed by atoms with Gasteiger partial charge in [0.25, 0.3) is 0 Å². The van der Waals surface area contributed by atoms with Crippen LogP contribution in [0.4, 0.5) is 14.5 Å². The molecule has 0 aliphatic carbocycles. The van der Waals surface area contributed by atoms with Gasteiger partial charge in [-0.1, -0.05) is 19.8 Å². The molecule has 0 saturated carbocycles. The van der Waals surface area contributed by atoms with Crippen molar-refractivity contribution in [3.05, 3.63) is 47.4 Å². The number of aromatic amines is 1. The van der Waals surface area contributed by atoms with Gasteiger partial charge < -0.3 is 15.4 Å². The molecule has 0 spiro atoms. The summed E-state index contributed by atoms with van der Waals surface area (Å²) in [4.78, 5) is 22.9. The summed E-state index contributed by atoms with van der Waals surface area (Å²) in [5, 5.41) is 12.8. The molecule has 0 bridgehead atoms. The zero-order valence-corrected chi connectivity index (χ0v) is 14.1. The van der Waals surface area contributed by atoms with Gasteiger partial charge >= 0.3 is 0 Å². The molecule has 26 heavy (non-hydrogen) atoms. The van der Waals surface area contributed by atoms with E-state index in [1.165, 1.54) is 12.3 Å². The molecular weight excluding hydrogens is 342 g/mol. The van der Waals surface area contributed by atoms with Gasteiger partial charge in [-0.25, -0.2) is 18.7 Å². The molecule has 0 aliphatic rings.